The maximum atomic E-state index is 12.2. The largest absolute Gasteiger partial charge is 0.479 e. The second-order valence-corrected chi connectivity index (χ2v) is 5.52. The third-order valence-corrected chi connectivity index (χ3v) is 4.10. The first-order valence-electron chi connectivity index (χ1n) is 6.29. The summed E-state index contributed by atoms with van der Waals surface area (Å²) in [7, 11) is 0. The van der Waals surface area contributed by atoms with Gasteiger partial charge in [-0.05, 0) is 35.7 Å². The summed E-state index contributed by atoms with van der Waals surface area (Å²) in [6.45, 7) is 0. The highest BCUT2D eigenvalue weighted by molar-refractivity contribution is 7.10. The molecule has 0 fully saturated rings. The molecule has 0 spiro atoms. The zero-order valence-corrected chi connectivity index (χ0v) is 11.7. The summed E-state index contributed by atoms with van der Waals surface area (Å²) < 4.78 is 0. The summed E-state index contributed by atoms with van der Waals surface area (Å²) in [5.74, 6) is -1.48. The molecule has 21 heavy (non-hydrogen) atoms. The van der Waals surface area contributed by atoms with Gasteiger partial charge in [-0.3, -0.25) is 4.79 Å². The van der Waals surface area contributed by atoms with E-state index >= 15 is 0 Å². The lowest BCUT2D eigenvalue weighted by atomic mass is 10.1. The molecule has 0 aliphatic carbocycles. The molecule has 1 atom stereocenters. The highest BCUT2D eigenvalue weighted by atomic mass is 32.1. The number of aromatic amines is 1. The van der Waals surface area contributed by atoms with Crippen molar-refractivity contribution in [1.82, 2.24) is 10.3 Å². The van der Waals surface area contributed by atoms with Gasteiger partial charge in [-0.2, -0.15) is 0 Å². The maximum absolute atomic E-state index is 12.2. The van der Waals surface area contributed by atoms with Gasteiger partial charge in [0.25, 0.3) is 5.91 Å². The lowest BCUT2D eigenvalue weighted by Crippen LogP contribution is -2.33. The molecule has 5 nitrogen and oxygen atoms in total. The normalized spacial score (nSPS) is 12.2. The van der Waals surface area contributed by atoms with Crippen LogP contribution < -0.4 is 5.32 Å². The number of carbonyl (C=O) groups is 2. The molecule has 0 bridgehead atoms. The summed E-state index contributed by atoms with van der Waals surface area (Å²) in [4.78, 5) is 27.2. The lowest BCUT2D eigenvalue weighted by molar-refractivity contribution is -0.139. The Morgan fingerprint density at radius 1 is 1.24 bits per heavy atom. The van der Waals surface area contributed by atoms with Crippen molar-refractivity contribution < 1.29 is 14.7 Å². The van der Waals surface area contributed by atoms with Crippen LogP contribution in [0.3, 0.4) is 0 Å². The number of hydrogen-bond donors (Lipinski definition) is 3. The van der Waals surface area contributed by atoms with E-state index in [9.17, 15) is 14.7 Å². The van der Waals surface area contributed by atoms with Crippen molar-refractivity contribution in [3.05, 3.63) is 58.4 Å². The third kappa shape index (κ3) is 2.66. The van der Waals surface area contributed by atoms with Crippen LogP contribution >= 0.6 is 11.3 Å². The van der Waals surface area contributed by atoms with Crippen LogP contribution in [0, 0.1) is 0 Å². The molecule has 0 saturated heterocycles. The Balaban J connectivity index is 1.85. The van der Waals surface area contributed by atoms with Gasteiger partial charge in [0.2, 0.25) is 0 Å². The number of carboxylic acids is 1. The molecule has 106 valence electrons. The number of carbonyl (C=O) groups excluding carboxylic acids is 1. The number of nitrogens with one attached hydrogen (secondary N) is 2. The minimum Gasteiger partial charge on any atom is -0.479 e. The van der Waals surface area contributed by atoms with E-state index in [1.54, 1.807) is 41.9 Å². The van der Waals surface area contributed by atoms with Crippen LogP contribution in [-0.2, 0) is 4.79 Å². The molecule has 2 aromatic heterocycles. The molecular weight excluding hydrogens is 288 g/mol. The van der Waals surface area contributed by atoms with Crippen LogP contribution in [0.2, 0.25) is 0 Å². The van der Waals surface area contributed by atoms with Gasteiger partial charge < -0.3 is 15.4 Å². The van der Waals surface area contributed by atoms with Crippen LogP contribution in [0.15, 0.2) is 48.0 Å². The number of benzene rings is 1. The third-order valence-electron chi connectivity index (χ3n) is 3.17. The highest BCUT2D eigenvalue weighted by Crippen LogP contribution is 2.20. The van der Waals surface area contributed by atoms with Crippen LogP contribution in [0.4, 0.5) is 0 Å². The summed E-state index contributed by atoms with van der Waals surface area (Å²) in [6, 6.07) is 9.48. The second kappa shape index (κ2) is 5.41. The van der Waals surface area contributed by atoms with E-state index < -0.39 is 17.9 Å². The molecule has 0 aliphatic heterocycles. The first-order valence-corrected chi connectivity index (χ1v) is 7.17. The standard InChI is InChI=1S/C15H12N2O3S/c18-14(10-3-4-11-9(8-10)5-6-16-11)17-13(15(19)20)12-2-1-7-21-12/h1-8,13,16H,(H,17,18)(H,19,20). The zero-order chi connectivity index (χ0) is 14.8. The van der Waals surface area contributed by atoms with Crippen molar-refractivity contribution >= 4 is 34.1 Å². The highest BCUT2D eigenvalue weighted by Gasteiger charge is 2.23. The van der Waals surface area contributed by atoms with Crippen LogP contribution in [0.25, 0.3) is 10.9 Å². The first-order chi connectivity index (χ1) is 10.1. The summed E-state index contributed by atoms with van der Waals surface area (Å²) in [5, 5.41) is 14.5. The average Bonchev–Trinajstić information content (AvgIpc) is 3.14. The van der Waals surface area contributed by atoms with E-state index in [-0.39, 0.29) is 0 Å². The molecule has 1 aromatic carbocycles. The van der Waals surface area contributed by atoms with Gasteiger partial charge >= 0.3 is 5.97 Å². The number of aromatic nitrogens is 1. The number of rotatable bonds is 4. The minimum atomic E-state index is -1.08. The van der Waals surface area contributed by atoms with Gasteiger partial charge in [-0.1, -0.05) is 6.07 Å². The second-order valence-electron chi connectivity index (χ2n) is 4.54. The fourth-order valence-electron chi connectivity index (χ4n) is 2.12. The van der Waals surface area contributed by atoms with E-state index in [2.05, 4.69) is 10.3 Å². The molecule has 3 rings (SSSR count). The van der Waals surface area contributed by atoms with E-state index in [1.807, 2.05) is 6.07 Å². The Morgan fingerprint density at radius 3 is 2.81 bits per heavy atom. The Labute approximate surface area is 124 Å². The van der Waals surface area contributed by atoms with Crippen molar-refractivity contribution in [2.45, 2.75) is 6.04 Å². The van der Waals surface area contributed by atoms with Gasteiger partial charge in [-0.15, -0.1) is 11.3 Å². The summed E-state index contributed by atoms with van der Waals surface area (Å²) in [6.07, 6.45) is 1.79. The lowest BCUT2D eigenvalue weighted by Gasteiger charge is -2.13. The molecule has 3 N–H and O–H groups in total. The molecule has 1 amide bonds. The molecule has 3 aromatic rings. The van der Waals surface area contributed by atoms with E-state index in [1.165, 1.54) is 11.3 Å². The van der Waals surface area contributed by atoms with Crippen molar-refractivity contribution in [2.75, 3.05) is 0 Å². The number of amides is 1. The van der Waals surface area contributed by atoms with E-state index in [0.29, 0.717) is 10.4 Å². The number of thiophene rings is 1. The smallest absolute Gasteiger partial charge is 0.331 e. The molecule has 1 unspecified atom stereocenters. The van der Waals surface area contributed by atoms with Crippen molar-refractivity contribution in [3.63, 3.8) is 0 Å². The predicted molar refractivity (Wildman–Crippen MR) is 80.5 cm³/mol. The Morgan fingerprint density at radius 2 is 2.10 bits per heavy atom. The SMILES string of the molecule is O=C(NC(C(=O)O)c1cccs1)c1ccc2[nH]ccc2c1. The van der Waals surface area contributed by atoms with E-state index in [4.69, 9.17) is 0 Å². The Bertz CT molecular complexity index is 792. The Hall–Kier alpha value is -2.60. The van der Waals surface area contributed by atoms with Gasteiger partial charge in [0.15, 0.2) is 6.04 Å². The zero-order valence-electron chi connectivity index (χ0n) is 10.9. The fraction of sp³-hybridized carbons (Fsp3) is 0.0667. The van der Waals surface area contributed by atoms with Gasteiger partial charge in [0, 0.05) is 27.5 Å². The molecule has 0 saturated carbocycles. The number of fused-ring (bicyclic) bond motifs is 1. The Kier molecular flexibility index (Phi) is 3.45. The van der Waals surface area contributed by atoms with Crippen molar-refractivity contribution in [1.29, 1.82) is 0 Å². The van der Waals surface area contributed by atoms with Crippen LogP contribution in [0.1, 0.15) is 21.3 Å². The number of hydrogen-bond acceptors (Lipinski definition) is 3. The summed E-state index contributed by atoms with van der Waals surface area (Å²) >= 11 is 1.30. The number of carboxylic acid groups (broad SMARTS) is 1. The molecular formula is C15H12N2O3S. The predicted octanol–water partition coefficient (Wildman–Crippen LogP) is 2.79. The van der Waals surface area contributed by atoms with Crippen molar-refractivity contribution in [2.24, 2.45) is 0 Å². The molecule has 0 aliphatic rings. The quantitative estimate of drug-likeness (QED) is 0.693. The topological polar surface area (TPSA) is 82.2 Å². The van der Waals surface area contributed by atoms with Crippen LogP contribution in [-0.4, -0.2) is 22.0 Å². The van der Waals surface area contributed by atoms with Crippen molar-refractivity contribution in [3.8, 4) is 0 Å². The number of aliphatic carboxylic acids is 1. The monoisotopic (exact) mass is 300 g/mol. The van der Waals surface area contributed by atoms with Gasteiger partial charge in [0.05, 0.1) is 0 Å². The van der Waals surface area contributed by atoms with Gasteiger partial charge in [-0.25, -0.2) is 4.79 Å². The molecule has 0 radical (unpaired) electrons. The molecule has 2 heterocycles. The molecule has 6 heteroatoms. The summed E-state index contributed by atoms with van der Waals surface area (Å²) in [5.41, 5.74) is 1.37. The van der Waals surface area contributed by atoms with E-state index in [0.717, 1.165) is 10.9 Å². The maximum Gasteiger partial charge on any atom is 0.331 e. The number of H-pyrrole nitrogens is 1. The average molecular weight is 300 g/mol. The minimum absolute atomic E-state index is 0.404. The van der Waals surface area contributed by atoms with Gasteiger partial charge in [0.1, 0.15) is 0 Å². The fourth-order valence-corrected chi connectivity index (χ4v) is 2.89. The first kappa shape index (κ1) is 13.4. The van der Waals surface area contributed by atoms with Crippen LogP contribution in [0.5, 0.6) is 0 Å².